The van der Waals surface area contributed by atoms with Gasteiger partial charge in [0.25, 0.3) is 5.91 Å². The highest BCUT2D eigenvalue weighted by Crippen LogP contribution is 2.19. The minimum Gasteiger partial charge on any atom is -0.356 e. The van der Waals surface area contributed by atoms with Crippen LogP contribution < -0.4 is 16.0 Å². The molecule has 0 aliphatic rings. The molecule has 2 aromatic carbocycles. The molecule has 0 saturated carbocycles. The van der Waals surface area contributed by atoms with Gasteiger partial charge in [0.05, 0.1) is 0 Å². The average molecular weight is 804 g/mol. The van der Waals surface area contributed by atoms with Crippen LogP contribution in [-0.2, 0) is 9.59 Å². The first-order valence-corrected chi connectivity index (χ1v) is 24.9. The highest BCUT2D eigenvalue weighted by atomic mass is 16.2. The van der Waals surface area contributed by atoms with Gasteiger partial charge in [-0.2, -0.15) is 0 Å². The predicted molar refractivity (Wildman–Crippen MR) is 250 cm³/mol. The Morgan fingerprint density at radius 1 is 0.448 bits per heavy atom. The monoisotopic (exact) mass is 804 g/mol. The Kier molecular flexibility index (Phi) is 32.8. The minimum absolute atomic E-state index is 0.0593. The Balaban J connectivity index is 1.61. The number of hydrogen-bond donors (Lipinski definition) is 3. The number of amides is 3. The van der Waals surface area contributed by atoms with E-state index in [0.29, 0.717) is 18.7 Å². The van der Waals surface area contributed by atoms with Crippen molar-refractivity contribution in [2.75, 3.05) is 13.1 Å². The van der Waals surface area contributed by atoms with Crippen LogP contribution in [0.15, 0.2) is 42.5 Å². The molecule has 0 bridgehead atoms. The lowest BCUT2D eigenvalue weighted by Crippen LogP contribution is -2.47. The number of rotatable bonds is 40. The third-order valence-corrected chi connectivity index (χ3v) is 12.0. The van der Waals surface area contributed by atoms with Crippen LogP contribution in [0.1, 0.15) is 243 Å². The van der Waals surface area contributed by atoms with Crippen LogP contribution in [0.3, 0.4) is 0 Å². The lowest BCUT2D eigenvalue weighted by Gasteiger charge is -2.19. The molecule has 0 spiro atoms. The SMILES string of the molecule is CCCCCCCCCCCCCCCCCCNC(=O)CC[C@H](NC(=O)c1cccc2ccccc12)C(=O)NCCCCCCCCCCCCCCCCCC. The van der Waals surface area contributed by atoms with Crippen LogP contribution in [-0.4, -0.2) is 36.9 Å². The molecule has 0 fully saturated rings. The fourth-order valence-corrected chi connectivity index (χ4v) is 8.20. The van der Waals surface area contributed by atoms with Crippen molar-refractivity contribution in [3.05, 3.63) is 48.0 Å². The third-order valence-electron chi connectivity index (χ3n) is 12.0. The van der Waals surface area contributed by atoms with Crippen LogP contribution in [0, 0.1) is 0 Å². The van der Waals surface area contributed by atoms with E-state index in [-0.39, 0.29) is 30.6 Å². The molecule has 6 heteroatoms. The van der Waals surface area contributed by atoms with Crippen molar-refractivity contribution >= 4 is 28.5 Å². The van der Waals surface area contributed by atoms with Gasteiger partial charge in [-0.3, -0.25) is 14.4 Å². The molecule has 2 aromatic rings. The van der Waals surface area contributed by atoms with Gasteiger partial charge in [0, 0.05) is 25.1 Å². The van der Waals surface area contributed by atoms with Gasteiger partial charge in [0.1, 0.15) is 6.04 Å². The van der Waals surface area contributed by atoms with E-state index < -0.39 is 6.04 Å². The maximum atomic E-state index is 13.5. The topological polar surface area (TPSA) is 87.3 Å². The van der Waals surface area contributed by atoms with E-state index in [1.807, 2.05) is 36.4 Å². The number of hydrogen-bond acceptors (Lipinski definition) is 3. The van der Waals surface area contributed by atoms with Crippen LogP contribution in [0.4, 0.5) is 0 Å². The standard InChI is InChI=1S/C52H89N3O3/c1-3-5-7-9-11-13-15-17-19-21-23-25-27-29-31-35-44-53-50(56)43-42-49(55-51(57)48-41-37-39-46-38-33-34-40-47(46)48)52(58)54-45-36-32-30-28-26-24-22-20-18-16-14-12-10-8-6-4-2/h33-34,37-41,49H,3-32,35-36,42-45H2,1-2H3,(H,53,56)(H,54,58)(H,55,57)/t49-/m0/s1. The van der Waals surface area contributed by atoms with Crippen LogP contribution in [0.25, 0.3) is 10.8 Å². The number of carbonyl (C=O) groups is 3. The highest BCUT2D eigenvalue weighted by molar-refractivity contribution is 6.08. The maximum absolute atomic E-state index is 13.5. The molecule has 0 unspecified atom stereocenters. The van der Waals surface area contributed by atoms with Crippen molar-refractivity contribution in [3.63, 3.8) is 0 Å². The Morgan fingerprint density at radius 3 is 1.28 bits per heavy atom. The molecule has 3 N–H and O–H groups in total. The van der Waals surface area contributed by atoms with E-state index in [1.54, 1.807) is 6.07 Å². The molecule has 330 valence electrons. The number of carbonyl (C=O) groups excluding carboxylic acids is 3. The van der Waals surface area contributed by atoms with Gasteiger partial charge >= 0.3 is 0 Å². The second-order valence-corrected chi connectivity index (χ2v) is 17.3. The maximum Gasteiger partial charge on any atom is 0.252 e. The van der Waals surface area contributed by atoms with Crippen LogP contribution in [0.2, 0.25) is 0 Å². The van der Waals surface area contributed by atoms with Gasteiger partial charge < -0.3 is 16.0 Å². The molecule has 6 nitrogen and oxygen atoms in total. The van der Waals surface area contributed by atoms with Crippen molar-refractivity contribution in [2.45, 2.75) is 238 Å². The quantitative estimate of drug-likeness (QED) is 0.0586. The Hall–Kier alpha value is -2.89. The second-order valence-electron chi connectivity index (χ2n) is 17.3. The van der Waals surface area contributed by atoms with Gasteiger partial charge in [-0.15, -0.1) is 0 Å². The van der Waals surface area contributed by atoms with Gasteiger partial charge in [0.2, 0.25) is 11.8 Å². The Bertz CT molecular complexity index is 1290. The molecule has 58 heavy (non-hydrogen) atoms. The Labute approximate surface area is 357 Å². The molecule has 3 amide bonds. The molecule has 0 radical (unpaired) electrons. The smallest absolute Gasteiger partial charge is 0.252 e. The van der Waals surface area contributed by atoms with Gasteiger partial charge in [-0.25, -0.2) is 0 Å². The van der Waals surface area contributed by atoms with E-state index in [1.165, 1.54) is 180 Å². The molecular formula is C52H89N3O3. The summed E-state index contributed by atoms with van der Waals surface area (Å²) in [6.07, 6.45) is 42.7. The van der Waals surface area contributed by atoms with Crippen molar-refractivity contribution in [2.24, 2.45) is 0 Å². The molecule has 1 atom stereocenters. The largest absolute Gasteiger partial charge is 0.356 e. The lowest BCUT2D eigenvalue weighted by atomic mass is 10.0. The van der Waals surface area contributed by atoms with Crippen molar-refractivity contribution in [1.29, 1.82) is 0 Å². The fraction of sp³-hybridized carbons (Fsp3) is 0.750. The number of nitrogens with one attached hydrogen (secondary N) is 3. The third kappa shape index (κ3) is 27.0. The molecule has 2 rings (SSSR count). The number of fused-ring (bicyclic) bond motifs is 1. The predicted octanol–water partition coefficient (Wildman–Crippen LogP) is 14.5. The first-order valence-electron chi connectivity index (χ1n) is 24.9. The zero-order chi connectivity index (χ0) is 41.6. The second kappa shape index (κ2) is 37.1. The van der Waals surface area contributed by atoms with E-state index in [9.17, 15) is 14.4 Å². The van der Waals surface area contributed by atoms with Gasteiger partial charge in [-0.05, 0) is 36.1 Å². The van der Waals surface area contributed by atoms with Crippen molar-refractivity contribution < 1.29 is 14.4 Å². The summed E-state index contributed by atoms with van der Waals surface area (Å²) in [5.74, 6) is -0.552. The number of benzene rings is 2. The summed E-state index contributed by atoms with van der Waals surface area (Å²) in [5, 5.41) is 10.9. The summed E-state index contributed by atoms with van der Waals surface area (Å²) in [4.78, 5) is 39.8. The van der Waals surface area contributed by atoms with Crippen molar-refractivity contribution in [3.8, 4) is 0 Å². The van der Waals surface area contributed by atoms with E-state index in [2.05, 4.69) is 29.8 Å². The molecule has 0 aromatic heterocycles. The van der Waals surface area contributed by atoms with Crippen LogP contribution >= 0.6 is 0 Å². The highest BCUT2D eigenvalue weighted by Gasteiger charge is 2.23. The molecule has 0 aliphatic carbocycles. The molecule has 0 aliphatic heterocycles. The molecule has 0 saturated heterocycles. The normalized spacial score (nSPS) is 11.8. The average Bonchev–Trinajstić information content (AvgIpc) is 3.24. The fourth-order valence-electron chi connectivity index (χ4n) is 8.20. The van der Waals surface area contributed by atoms with Crippen molar-refractivity contribution in [1.82, 2.24) is 16.0 Å². The first-order chi connectivity index (χ1) is 28.6. The zero-order valence-electron chi connectivity index (χ0n) is 37.8. The lowest BCUT2D eigenvalue weighted by molar-refractivity contribution is -0.124. The Morgan fingerprint density at radius 2 is 0.828 bits per heavy atom. The summed E-state index contributed by atoms with van der Waals surface area (Å²) in [6.45, 7) is 5.81. The van der Waals surface area contributed by atoms with E-state index in [4.69, 9.17) is 0 Å². The van der Waals surface area contributed by atoms with Crippen LogP contribution in [0.5, 0.6) is 0 Å². The summed E-state index contributed by atoms with van der Waals surface area (Å²) >= 11 is 0. The molecular weight excluding hydrogens is 715 g/mol. The zero-order valence-corrected chi connectivity index (χ0v) is 37.8. The first kappa shape index (κ1) is 51.3. The summed E-state index contributed by atoms with van der Waals surface area (Å²) in [7, 11) is 0. The van der Waals surface area contributed by atoms with Gasteiger partial charge in [-0.1, -0.05) is 243 Å². The summed E-state index contributed by atoms with van der Waals surface area (Å²) in [6, 6.07) is 12.7. The molecule has 0 heterocycles. The van der Waals surface area contributed by atoms with E-state index in [0.717, 1.165) is 36.5 Å². The van der Waals surface area contributed by atoms with E-state index >= 15 is 0 Å². The number of unbranched alkanes of at least 4 members (excludes halogenated alkanes) is 30. The summed E-state index contributed by atoms with van der Waals surface area (Å²) < 4.78 is 0. The summed E-state index contributed by atoms with van der Waals surface area (Å²) in [5.41, 5.74) is 0.543. The van der Waals surface area contributed by atoms with Gasteiger partial charge in [0.15, 0.2) is 0 Å². The minimum atomic E-state index is -0.770.